The molecule has 0 atom stereocenters. The summed E-state index contributed by atoms with van der Waals surface area (Å²) in [4.78, 5) is 27.6. The van der Waals surface area contributed by atoms with Gasteiger partial charge in [0.05, 0.1) is 34.7 Å². The van der Waals surface area contributed by atoms with Crippen LogP contribution in [0.25, 0.3) is 0 Å². The zero-order valence-electron chi connectivity index (χ0n) is 17.0. The number of hydrogen-bond acceptors (Lipinski definition) is 5. The van der Waals surface area contributed by atoms with Crippen molar-refractivity contribution in [3.63, 3.8) is 0 Å². The minimum atomic E-state index is -0.325. The van der Waals surface area contributed by atoms with Crippen molar-refractivity contribution < 1.29 is 19.1 Å². The first kappa shape index (κ1) is 21.7. The number of halogens is 1. The maximum absolute atomic E-state index is 13.1. The molecule has 2 amide bonds. The molecule has 30 heavy (non-hydrogen) atoms. The van der Waals surface area contributed by atoms with Crippen molar-refractivity contribution in [3.8, 4) is 11.5 Å². The molecule has 3 aromatic rings. The highest BCUT2D eigenvalue weighted by Crippen LogP contribution is 2.33. The van der Waals surface area contributed by atoms with Gasteiger partial charge in [-0.2, -0.15) is 0 Å². The molecule has 3 rings (SSSR count). The quantitative estimate of drug-likeness (QED) is 0.563. The van der Waals surface area contributed by atoms with E-state index in [1.807, 2.05) is 6.92 Å². The van der Waals surface area contributed by atoms with Gasteiger partial charge in [-0.1, -0.05) is 23.7 Å². The van der Waals surface area contributed by atoms with Gasteiger partial charge in [0.2, 0.25) is 0 Å². The van der Waals surface area contributed by atoms with Crippen LogP contribution in [0.3, 0.4) is 0 Å². The van der Waals surface area contributed by atoms with Gasteiger partial charge < -0.3 is 19.7 Å². The maximum Gasteiger partial charge on any atom is 0.268 e. The van der Waals surface area contributed by atoms with Gasteiger partial charge in [0, 0.05) is 18.8 Å². The molecule has 0 aliphatic heterocycles. The van der Waals surface area contributed by atoms with E-state index in [1.54, 1.807) is 69.8 Å². The third-order valence-electron chi connectivity index (χ3n) is 4.53. The predicted molar refractivity (Wildman–Crippen MR) is 121 cm³/mol. The van der Waals surface area contributed by atoms with Crippen molar-refractivity contribution in [2.75, 3.05) is 31.5 Å². The summed E-state index contributed by atoms with van der Waals surface area (Å²) in [7, 11) is 4.78. The zero-order valence-corrected chi connectivity index (χ0v) is 18.6. The molecule has 0 bridgehead atoms. The van der Waals surface area contributed by atoms with Gasteiger partial charge in [0.1, 0.15) is 0 Å². The maximum atomic E-state index is 13.1. The van der Waals surface area contributed by atoms with Crippen molar-refractivity contribution in [2.45, 2.75) is 6.92 Å². The number of hydrogen-bond donors (Lipinski definition) is 1. The summed E-state index contributed by atoms with van der Waals surface area (Å²) in [5.41, 5.74) is 1.81. The molecule has 0 fully saturated rings. The fraction of sp³-hybridized carbons (Fsp3) is 0.182. The number of carbonyl (C=O) groups is 2. The van der Waals surface area contributed by atoms with Gasteiger partial charge in [0.25, 0.3) is 11.8 Å². The van der Waals surface area contributed by atoms with Gasteiger partial charge in [-0.15, -0.1) is 11.3 Å². The highest BCUT2D eigenvalue weighted by molar-refractivity contribution is 7.18. The van der Waals surface area contributed by atoms with Gasteiger partial charge >= 0.3 is 0 Å². The van der Waals surface area contributed by atoms with Crippen LogP contribution in [0.15, 0.2) is 48.5 Å². The normalized spacial score (nSPS) is 10.4. The topological polar surface area (TPSA) is 67.9 Å². The lowest BCUT2D eigenvalue weighted by atomic mass is 10.2. The van der Waals surface area contributed by atoms with E-state index >= 15 is 0 Å². The van der Waals surface area contributed by atoms with Crippen LogP contribution in [-0.2, 0) is 0 Å². The number of anilines is 2. The molecule has 2 aromatic carbocycles. The number of nitrogens with zero attached hydrogens (tertiary/aromatic N) is 1. The molecule has 0 unspecified atom stereocenters. The molecule has 8 heteroatoms. The molecule has 0 saturated carbocycles. The lowest BCUT2D eigenvalue weighted by Crippen LogP contribution is -2.26. The molecule has 1 aromatic heterocycles. The first-order valence-corrected chi connectivity index (χ1v) is 10.2. The Kier molecular flexibility index (Phi) is 6.64. The molecular weight excluding hydrogens is 424 g/mol. The number of methoxy groups -OCH3 is 2. The molecule has 6 nitrogen and oxygen atoms in total. The van der Waals surface area contributed by atoms with Crippen LogP contribution in [0.1, 0.15) is 25.6 Å². The average molecular weight is 445 g/mol. The SMILES string of the molecule is COc1ccc(N(C)C(=O)c2sc(NC(=O)c3ccccc3Cl)cc2C)cc1OC. The van der Waals surface area contributed by atoms with Crippen molar-refractivity contribution >= 4 is 45.4 Å². The number of nitrogens with one attached hydrogen (secondary N) is 1. The third-order valence-corrected chi connectivity index (χ3v) is 6.00. The number of amides is 2. The van der Waals surface area contributed by atoms with Crippen LogP contribution in [0.5, 0.6) is 11.5 Å². The number of ether oxygens (including phenoxy) is 2. The number of carbonyl (C=O) groups excluding carboxylic acids is 2. The van der Waals surface area contributed by atoms with E-state index in [9.17, 15) is 9.59 Å². The van der Waals surface area contributed by atoms with E-state index in [0.717, 1.165) is 5.56 Å². The monoisotopic (exact) mass is 444 g/mol. The van der Waals surface area contributed by atoms with Gasteiger partial charge in [-0.3, -0.25) is 9.59 Å². The summed E-state index contributed by atoms with van der Waals surface area (Å²) in [5.74, 6) is 0.598. The van der Waals surface area contributed by atoms with Crippen LogP contribution >= 0.6 is 22.9 Å². The van der Waals surface area contributed by atoms with Crippen LogP contribution in [-0.4, -0.2) is 33.1 Å². The van der Waals surface area contributed by atoms with Crippen molar-refractivity contribution in [1.29, 1.82) is 0 Å². The van der Waals surface area contributed by atoms with E-state index in [1.165, 1.54) is 16.2 Å². The Bertz CT molecular complexity index is 1100. The molecule has 0 spiro atoms. The zero-order chi connectivity index (χ0) is 21.8. The number of thiophene rings is 1. The lowest BCUT2D eigenvalue weighted by Gasteiger charge is -2.18. The number of rotatable bonds is 6. The standard InChI is InChI=1S/C22H21ClN2O4S/c1-13-11-19(24-21(26)15-7-5-6-8-16(15)23)30-20(13)22(27)25(2)14-9-10-17(28-3)18(12-14)29-4/h5-12H,1-4H3,(H,24,26). The molecule has 1 heterocycles. The smallest absolute Gasteiger partial charge is 0.268 e. The van der Waals surface area contributed by atoms with Gasteiger partial charge in [-0.25, -0.2) is 0 Å². The highest BCUT2D eigenvalue weighted by atomic mass is 35.5. The minimum absolute atomic E-state index is 0.192. The second-order valence-corrected chi connectivity index (χ2v) is 7.92. The van der Waals surface area contributed by atoms with Crippen LogP contribution in [0, 0.1) is 6.92 Å². The predicted octanol–water partition coefficient (Wildman–Crippen LogP) is 5.26. The van der Waals surface area contributed by atoms with Gasteiger partial charge in [0.15, 0.2) is 11.5 Å². The summed E-state index contributed by atoms with van der Waals surface area (Å²) in [5, 5.41) is 3.75. The molecule has 0 aliphatic rings. The Balaban J connectivity index is 1.81. The summed E-state index contributed by atoms with van der Waals surface area (Å²) in [6.07, 6.45) is 0. The van der Waals surface area contributed by atoms with Crippen molar-refractivity contribution in [3.05, 3.63) is 69.6 Å². The number of aryl methyl sites for hydroxylation is 1. The lowest BCUT2D eigenvalue weighted by molar-refractivity contribution is 0.0994. The fourth-order valence-electron chi connectivity index (χ4n) is 2.88. The molecule has 156 valence electrons. The Labute approximate surface area is 184 Å². The summed E-state index contributed by atoms with van der Waals surface area (Å²) in [6.45, 7) is 1.83. The third kappa shape index (κ3) is 4.42. The van der Waals surface area contributed by atoms with E-state index in [4.69, 9.17) is 21.1 Å². The first-order valence-electron chi connectivity index (χ1n) is 9.02. The molecule has 0 radical (unpaired) electrons. The van der Waals surface area contributed by atoms with Crippen LogP contribution < -0.4 is 19.7 Å². The largest absolute Gasteiger partial charge is 0.493 e. The van der Waals surface area contributed by atoms with E-state index in [-0.39, 0.29) is 11.8 Å². The number of benzene rings is 2. The first-order chi connectivity index (χ1) is 14.3. The van der Waals surface area contributed by atoms with Crippen LogP contribution in [0.4, 0.5) is 10.7 Å². The minimum Gasteiger partial charge on any atom is -0.493 e. The Morgan fingerprint density at radius 3 is 2.40 bits per heavy atom. The van der Waals surface area contributed by atoms with Crippen LogP contribution in [0.2, 0.25) is 5.02 Å². The Morgan fingerprint density at radius 2 is 1.73 bits per heavy atom. The second-order valence-electron chi connectivity index (χ2n) is 6.46. The molecular formula is C22H21ClN2O4S. The molecule has 0 aliphatic carbocycles. The summed E-state index contributed by atoms with van der Waals surface area (Å²) >= 11 is 7.31. The average Bonchev–Trinajstić information content (AvgIpc) is 3.12. The fourth-order valence-corrected chi connectivity index (χ4v) is 4.15. The van der Waals surface area contributed by atoms with E-state index in [0.29, 0.717) is 37.7 Å². The summed E-state index contributed by atoms with van der Waals surface area (Å²) < 4.78 is 10.6. The van der Waals surface area contributed by atoms with Gasteiger partial charge in [-0.05, 0) is 42.8 Å². The second kappa shape index (κ2) is 9.19. The summed E-state index contributed by atoms with van der Waals surface area (Å²) in [6, 6.07) is 13.8. The van der Waals surface area contributed by atoms with E-state index < -0.39 is 0 Å². The highest BCUT2D eigenvalue weighted by Gasteiger charge is 2.21. The van der Waals surface area contributed by atoms with Crippen molar-refractivity contribution in [1.82, 2.24) is 0 Å². The van der Waals surface area contributed by atoms with E-state index in [2.05, 4.69) is 5.32 Å². The molecule has 0 saturated heterocycles. The Hall–Kier alpha value is -3.03. The van der Waals surface area contributed by atoms with Crippen molar-refractivity contribution in [2.24, 2.45) is 0 Å². The Morgan fingerprint density at radius 1 is 1.03 bits per heavy atom. The molecule has 1 N–H and O–H groups in total.